The molecule has 8 nitrogen and oxygen atoms in total. The summed E-state index contributed by atoms with van der Waals surface area (Å²) in [6.45, 7) is 1.25. The zero-order chi connectivity index (χ0) is 25.8. The zero-order valence-electron chi connectivity index (χ0n) is 19.6. The van der Waals surface area contributed by atoms with Crippen LogP contribution in [-0.4, -0.2) is 113 Å². The Balaban J connectivity index is 3.34. The molecule has 0 aromatic rings. The van der Waals surface area contributed by atoms with Gasteiger partial charge in [0.25, 0.3) is 0 Å². The number of thioether (sulfide) groups is 7. The summed E-state index contributed by atoms with van der Waals surface area (Å²) in [5, 5.41) is 21.1. The van der Waals surface area contributed by atoms with E-state index in [0.717, 1.165) is 26.8 Å². The highest BCUT2D eigenvalue weighted by Crippen LogP contribution is 2.21. The van der Waals surface area contributed by atoms with E-state index in [2.05, 4.69) is 0 Å². The van der Waals surface area contributed by atoms with Crippen LogP contribution in [0.3, 0.4) is 0 Å². The van der Waals surface area contributed by atoms with Crippen LogP contribution in [0.4, 0.5) is 0 Å². The Morgan fingerprint density at radius 2 is 1.37 bits per heavy atom. The molecule has 0 radical (unpaired) electrons. The molecule has 16 heteroatoms. The van der Waals surface area contributed by atoms with Gasteiger partial charge in [0, 0.05) is 68.0 Å². The van der Waals surface area contributed by atoms with Crippen LogP contribution in [0.2, 0.25) is 0 Å². The summed E-state index contributed by atoms with van der Waals surface area (Å²) in [5.41, 5.74) is 0. The number of carbonyl (C=O) groups excluding carboxylic acids is 2. The molecule has 208 valence electrons. The molecule has 0 aliphatic rings. The predicted molar refractivity (Wildman–Crippen MR) is 161 cm³/mol. The van der Waals surface area contributed by atoms with E-state index in [1.54, 1.807) is 58.8 Å². The van der Waals surface area contributed by atoms with Gasteiger partial charge in [-0.1, -0.05) is 11.8 Å². The summed E-state index contributed by atoms with van der Waals surface area (Å²) in [6, 6.07) is 0. The van der Waals surface area contributed by atoms with E-state index in [4.69, 9.17) is 24.7 Å². The number of esters is 1. The normalized spacial score (nSPS) is 12.1. The van der Waals surface area contributed by atoms with Gasteiger partial charge in [0.2, 0.25) is 0 Å². The molecule has 1 atom stereocenters. The first kappa shape index (κ1) is 36.6. The summed E-state index contributed by atoms with van der Waals surface area (Å²) in [6.07, 6.45) is 1.03. The highest BCUT2D eigenvalue weighted by Gasteiger charge is 2.06. The Bertz CT molecular complexity index is 533. The first-order valence-electron chi connectivity index (χ1n) is 10.7. The average Bonchev–Trinajstić information content (AvgIpc) is 2.84. The van der Waals surface area contributed by atoms with Gasteiger partial charge in [0.05, 0.1) is 36.4 Å². The molecule has 0 aliphatic carbocycles. The second-order valence-electron chi connectivity index (χ2n) is 6.19. The monoisotopic (exact) mass is 648 g/mol. The van der Waals surface area contributed by atoms with Crippen molar-refractivity contribution in [2.45, 2.75) is 12.8 Å². The van der Waals surface area contributed by atoms with Crippen molar-refractivity contribution in [1.82, 2.24) is 0 Å². The Hall–Kier alpha value is 1.58. The number of aliphatic hydroxyl groups is 2. The molecule has 35 heavy (non-hydrogen) atoms. The quantitative estimate of drug-likeness (QED) is 0.0445. The maximum Gasteiger partial charge on any atom is 0.315 e. The number of aliphatic hydroxyl groups excluding tert-OH is 2. The molecule has 0 aromatic carbocycles. The van der Waals surface area contributed by atoms with Gasteiger partial charge in [0.1, 0.15) is 0 Å². The molecular weight excluding hydrogens is 613 g/mol. The molecule has 1 unspecified atom stereocenters. The second kappa shape index (κ2) is 30.1. The third-order valence-corrected chi connectivity index (χ3v) is 13.5. The van der Waals surface area contributed by atoms with Crippen LogP contribution in [0.15, 0.2) is 0 Å². The van der Waals surface area contributed by atoms with Crippen molar-refractivity contribution in [2.75, 3.05) is 87.2 Å². The van der Waals surface area contributed by atoms with Gasteiger partial charge in [-0.15, -0.1) is 58.8 Å². The molecule has 0 spiro atoms. The predicted octanol–water partition coefficient (Wildman–Crippen LogP) is 3.44. The molecule has 0 heterocycles. The van der Waals surface area contributed by atoms with Gasteiger partial charge in [0.15, 0.2) is 5.12 Å². The van der Waals surface area contributed by atoms with E-state index in [1.165, 1.54) is 23.5 Å². The molecule has 0 amide bonds. The minimum atomic E-state index is -0.866. The van der Waals surface area contributed by atoms with Crippen molar-refractivity contribution in [3.63, 3.8) is 0 Å². The van der Waals surface area contributed by atoms with Crippen molar-refractivity contribution in [1.29, 1.82) is 0 Å². The van der Waals surface area contributed by atoms with Crippen LogP contribution in [0.1, 0.15) is 12.8 Å². The topological polar surface area (TPSA) is 119 Å². The molecule has 0 saturated heterocycles. The third-order valence-electron chi connectivity index (χ3n) is 3.26. The minimum Gasteiger partial charge on any atom is -0.465 e. The first-order chi connectivity index (χ1) is 17.1. The fourth-order valence-electron chi connectivity index (χ4n) is 1.69. The lowest BCUT2D eigenvalue weighted by atomic mass is 10.5. The molecular formula is C19H36O8S8. The van der Waals surface area contributed by atoms with Gasteiger partial charge in [-0.05, 0) is 6.42 Å². The summed E-state index contributed by atoms with van der Waals surface area (Å²) >= 11 is 11.1. The highest BCUT2D eigenvalue weighted by molar-refractivity contribution is 8.29. The number of hydrogen-bond acceptors (Lipinski definition) is 15. The smallest absolute Gasteiger partial charge is 0.315 e. The summed E-state index contributed by atoms with van der Waals surface area (Å²) in [4.78, 5) is 33.1. The Kier molecular flexibility index (Phi) is 31.5. The molecule has 0 aliphatic heterocycles. The first-order valence-corrected chi connectivity index (χ1v) is 20.1. The number of ether oxygens (including phenoxy) is 1. The largest absolute Gasteiger partial charge is 0.465 e. The number of hydrogen-bond donors (Lipinski definition) is 2. The van der Waals surface area contributed by atoms with E-state index in [1.807, 2.05) is 0 Å². The lowest BCUT2D eigenvalue weighted by molar-refractivity contribution is -0.291. The molecule has 0 bridgehead atoms. The maximum absolute atomic E-state index is 12.0. The highest BCUT2D eigenvalue weighted by atomic mass is 32.3. The zero-order valence-corrected chi connectivity index (χ0v) is 26.2. The third kappa shape index (κ3) is 30.0. The molecule has 0 saturated carbocycles. The fraction of sp³-hybridized carbons (Fsp3) is 0.895. The van der Waals surface area contributed by atoms with Crippen molar-refractivity contribution in [3.05, 3.63) is 0 Å². The van der Waals surface area contributed by atoms with Gasteiger partial charge in [-0.3, -0.25) is 13.8 Å². The summed E-state index contributed by atoms with van der Waals surface area (Å²) in [5.74, 6) is 2.74. The van der Waals surface area contributed by atoms with Gasteiger partial charge < -0.3 is 14.9 Å². The van der Waals surface area contributed by atoms with E-state index in [9.17, 15) is 13.8 Å². The van der Waals surface area contributed by atoms with E-state index in [0.29, 0.717) is 53.5 Å². The van der Waals surface area contributed by atoms with E-state index >= 15 is 0 Å². The molecule has 0 fully saturated rings. The van der Waals surface area contributed by atoms with Crippen LogP contribution >= 0.6 is 82.3 Å². The van der Waals surface area contributed by atoms with E-state index in [-0.39, 0.29) is 30.9 Å². The van der Waals surface area contributed by atoms with Crippen molar-refractivity contribution in [3.8, 4) is 0 Å². The molecule has 2 N–H and O–H groups in total. The van der Waals surface area contributed by atoms with Crippen LogP contribution in [0, 0.1) is 0 Å². The lowest BCUT2D eigenvalue weighted by Gasteiger charge is -2.05. The van der Waals surface area contributed by atoms with Crippen molar-refractivity contribution in [2.24, 2.45) is 0 Å². The molecule has 0 rings (SSSR count). The SMILES string of the molecule is O=C(CSCSCCS(=O)CSCSCSC(=O)CSCSCCOOCCCO)OCCCO. The maximum atomic E-state index is 12.0. The Labute approximate surface area is 241 Å². The van der Waals surface area contributed by atoms with E-state index < -0.39 is 10.8 Å². The van der Waals surface area contributed by atoms with Crippen LogP contribution in [-0.2, 0) is 34.9 Å². The second-order valence-corrected chi connectivity index (χ2v) is 16.8. The Morgan fingerprint density at radius 1 is 0.714 bits per heavy atom. The van der Waals surface area contributed by atoms with Gasteiger partial charge in [-0.25, -0.2) is 9.78 Å². The van der Waals surface area contributed by atoms with Crippen molar-refractivity contribution >= 4 is 104 Å². The average molecular weight is 649 g/mol. The summed E-state index contributed by atoms with van der Waals surface area (Å²) < 4.78 is 17.0. The van der Waals surface area contributed by atoms with Crippen LogP contribution < -0.4 is 0 Å². The van der Waals surface area contributed by atoms with Gasteiger partial charge in [-0.2, -0.15) is 11.8 Å². The minimum absolute atomic E-state index is 0.0190. The number of carbonyl (C=O) groups is 2. The van der Waals surface area contributed by atoms with Crippen molar-refractivity contribution < 1.29 is 38.5 Å². The number of rotatable bonds is 27. The summed E-state index contributed by atoms with van der Waals surface area (Å²) in [7, 11) is -0.866. The van der Waals surface area contributed by atoms with Crippen LogP contribution in [0.5, 0.6) is 0 Å². The van der Waals surface area contributed by atoms with Gasteiger partial charge >= 0.3 is 5.97 Å². The van der Waals surface area contributed by atoms with Crippen LogP contribution in [0.25, 0.3) is 0 Å². The Morgan fingerprint density at radius 3 is 2.14 bits per heavy atom. The standard InChI is InChI=1S/C19H36O8S8/c20-3-1-5-25-18(22)11-30-14-29-9-10-35(24)17-33-15-32-16-34-19(23)12-31-13-28-8-7-27-26-6-2-4-21/h20-21H,1-17H2. The molecule has 0 aromatic heterocycles. The lowest BCUT2D eigenvalue weighted by Crippen LogP contribution is -2.09. The fourth-order valence-corrected chi connectivity index (χ4v) is 11.0.